The molecule has 1 saturated carbocycles. The van der Waals surface area contributed by atoms with Gasteiger partial charge in [0.05, 0.1) is 12.3 Å². The molecule has 4 heterocycles. The van der Waals surface area contributed by atoms with Crippen molar-refractivity contribution >= 4 is 28.4 Å². The van der Waals surface area contributed by atoms with Gasteiger partial charge in [-0.3, -0.25) is 0 Å². The Labute approximate surface area is 191 Å². The molecule has 1 aliphatic heterocycles. The minimum absolute atomic E-state index is 0.520. The van der Waals surface area contributed by atoms with Gasteiger partial charge in [-0.1, -0.05) is 0 Å². The third-order valence-corrected chi connectivity index (χ3v) is 6.45. The summed E-state index contributed by atoms with van der Waals surface area (Å²) in [6.45, 7) is 6.67. The van der Waals surface area contributed by atoms with E-state index in [1.807, 2.05) is 55.9 Å². The molecule has 0 amide bonds. The largest absolute Gasteiger partial charge is 0.492 e. The molecule has 9 nitrogen and oxygen atoms in total. The van der Waals surface area contributed by atoms with E-state index in [9.17, 15) is 0 Å². The van der Waals surface area contributed by atoms with Crippen LogP contribution in [0.15, 0.2) is 36.8 Å². The number of pyridine rings is 1. The van der Waals surface area contributed by atoms with Gasteiger partial charge in [-0.2, -0.15) is 0 Å². The summed E-state index contributed by atoms with van der Waals surface area (Å²) in [7, 11) is 1.92. The zero-order valence-corrected chi connectivity index (χ0v) is 19.0. The van der Waals surface area contributed by atoms with Crippen molar-refractivity contribution in [2.24, 2.45) is 18.9 Å². The Morgan fingerprint density at radius 2 is 2.00 bits per heavy atom. The SMILES string of the molecule is CCOc1cc(-c2nncn2C)ccc1Nc1ncc2cc(C)nc(N3CC4CC4C3)c2n1. The first-order valence-electron chi connectivity index (χ1n) is 11.4. The molecule has 0 radical (unpaired) electrons. The van der Waals surface area contributed by atoms with Gasteiger partial charge in [0, 0.05) is 43.0 Å². The number of fused-ring (bicyclic) bond motifs is 2. The number of anilines is 3. The van der Waals surface area contributed by atoms with Crippen molar-refractivity contribution in [1.29, 1.82) is 0 Å². The van der Waals surface area contributed by atoms with Crippen LogP contribution < -0.4 is 15.0 Å². The number of rotatable bonds is 6. The van der Waals surface area contributed by atoms with Crippen molar-refractivity contribution in [3.63, 3.8) is 0 Å². The number of nitrogens with one attached hydrogen (secondary N) is 1. The summed E-state index contributed by atoms with van der Waals surface area (Å²) < 4.78 is 7.79. The third kappa shape index (κ3) is 3.63. The molecule has 6 rings (SSSR count). The fraction of sp³-hybridized carbons (Fsp3) is 0.375. The van der Waals surface area contributed by atoms with Gasteiger partial charge in [0.25, 0.3) is 0 Å². The second-order valence-electron chi connectivity index (χ2n) is 8.91. The highest BCUT2D eigenvalue weighted by Gasteiger charge is 2.45. The van der Waals surface area contributed by atoms with Gasteiger partial charge < -0.3 is 19.5 Å². The minimum Gasteiger partial charge on any atom is -0.492 e. The lowest BCUT2D eigenvalue weighted by molar-refractivity contribution is 0.342. The summed E-state index contributed by atoms with van der Waals surface area (Å²) in [5.74, 6) is 4.62. The number of hydrogen-bond donors (Lipinski definition) is 1. The number of ether oxygens (including phenoxy) is 1. The molecule has 1 saturated heterocycles. The Balaban J connectivity index is 1.35. The highest BCUT2D eigenvalue weighted by atomic mass is 16.5. The standard InChI is InChI=1S/C24H26N8O/c1-4-33-20-9-15(22-30-26-13-31(22)3)5-6-19(20)28-24-25-10-16-7-14(2)27-23(21(16)29-24)32-11-17-8-18(17)12-32/h5-7,9-10,13,17-18H,4,8,11-12H2,1-3H3,(H,25,28,29). The maximum Gasteiger partial charge on any atom is 0.227 e. The number of piperidine rings is 1. The average Bonchev–Trinajstić information content (AvgIpc) is 3.19. The summed E-state index contributed by atoms with van der Waals surface area (Å²) in [5, 5.41) is 12.5. The van der Waals surface area contributed by atoms with Gasteiger partial charge in [0.15, 0.2) is 11.6 Å². The first kappa shape index (κ1) is 19.9. The van der Waals surface area contributed by atoms with E-state index < -0.39 is 0 Å². The molecule has 0 bridgehead atoms. The Kier molecular flexibility index (Phi) is 4.63. The van der Waals surface area contributed by atoms with Crippen LogP contribution in [0.2, 0.25) is 0 Å². The van der Waals surface area contributed by atoms with Crippen molar-refractivity contribution in [3.8, 4) is 17.1 Å². The van der Waals surface area contributed by atoms with Crippen LogP contribution in [-0.2, 0) is 7.05 Å². The van der Waals surface area contributed by atoms with Crippen LogP contribution in [0.5, 0.6) is 5.75 Å². The lowest BCUT2D eigenvalue weighted by Gasteiger charge is -2.21. The molecular formula is C24H26N8O. The van der Waals surface area contributed by atoms with E-state index in [0.29, 0.717) is 18.3 Å². The average molecular weight is 443 g/mol. The zero-order valence-electron chi connectivity index (χ0n) is 19.0. The minimum atomic E-state index is 0.520. The normalized spacial score (nSPS) is 19.1. The van der Waals surface area contributed by atoms with Gasteiger partial charge in [-0.05, 0) is 56.4 Å². The molecule has 2 unspecified atom stereocenters. The molecule has 3 aromatic heterocycles. The van der Waals surface area contributed by atoms with Crippen molar-refractivity contribution in [2.75, 3.05) is 29.9 Å². The Bertz CT molecular complexity index is 1340. The fourth-order valence-corrected chi connectivity index (χ4v) is 4.71. The molecule has 1 aromatic carbocycles. The zero-order chi connectivity index (χ0) is 22.5. The summed E-state index contributed by atoms with van der Waals surface area (Å²) in [5.41, 5.74) is 3.59. The van der Waals surface area contributed by atoms with Gasteiger partial charge in [0.2, 0.25) is 5.95 Å². The van der Waals surface area contributed by atoms with E-state index in [1.165, 1.54) is 6.42 Å². The lowest BCUT2D eigenvalue weighted by atomic mass is 10.1. The highest BCUT2D eigenvalue weighted by molar-refractivity contribution is 5.89. The Morgan fingerprint density at radius 1 is 1.15 bits per heavy atom. The summed E-state index contributed by atoms with van der Waals surface area (Å²) in [6.07, 6.45) is 4.91. The number of benzene rings is 1. The molecular weight excluding hydrogens is 416 g/mol. The first-order valence-corrected chi connectivity index (χ1v) is 11.4. The van der Waals surface area contributed by atoms with Gasteiger partial charge in [-0.15, -0.1) is 10.2 Å². The van der Waals surface area contributed by atoms with E-state index >= 15 is 0 Å². The highest BCUT2D eigenvalue weighted by Crippen LogP contribution is 2.46. The molecule has 1 N–H and O–H groups in total. The molecule has 9 heteroatoms. The van der Waals surface area contributed by atoms with Crippen molar-refractivity contribution in [2.45, 2.75) is 20.3 Å². The van der Waals surface area contributed by atoms with Crippen molar-refractivity contribution in [1.82, 2.24) is 29.7 Å². The molecule has 2 atom stereocenters. The molecule has 168 valence electrons. The van der Waals surface area contributed by atoms with Crippen LogP contribution in [0, 0.1) is 18.8 Å². The Hall–Kier alpha value is -3.75. The van der Waals surface area contributed by atoms with Crippen LogP contribution in [0.3, 0.4) is 0 Å². The molecule has 33 heavy (non-hydrogen) atoms. The predicted octanol–water partition coefficient (Wildman–Crippen LogP) is 3.73. The number of nitrogens with zero attached hydrogens (tertiary/aromatic N) is 7. The van der Waals surface area contributed by atoms with Gasteiger partial charge >= 0.3 is 0 Å². The van der Waals surface area contributed by atoms with E-state index in [0.717, 1.165) is 64.4 Å². The van der Waals surface area contributed by atoms with Crippen LogP contribution in [0.1, 0.15) is 19.0 Å². The van der Waals surface area contributed by atoms with Gasteiger partial charge in [0.1, 0.15) is 17.6 Å². The number of aromatic nitrogens is 6. The van der Waals surface area contributed by atoms with E-state index in [2.05, 4.69) is 25.4 Å². The molecule has 0 spiro atoms. The third-order valence-electron chi connectivity index (χ3n) is 6.45. The molecule has 4 aromatic rings. The topological polar surface area (TPSA) is 93.9 Å². The van der Waals surface area contributed by atoms with Crippen molar-refractivity contribution in [3.05, 3.63) is 42.5 Å². The lowest BCUT2D eigenvalue weighted by Crippen LogP contribution is -2.23. The van der Waals surface area contributed by atoms with E-state index in [-0.39, 0.29) is 0 Å². The van der Waals surface area contributed by atoms with Gasteiger partial charge in [-0.25, -0.2) is 15.0 Å². The summed E-state index contributed by atoms with van der Waals surface area (Å²) in [6, 6.07) is 7.96. The van der Waals surface area contributed by atoms with E-state index in [4.69, 9.17) is 14.7 Å². The maximum atomic E-state index is 5.92. The second kappa shape index (κ2) is 7.68. The summed E-state index contributed by atoms with van der Waals surface area (Å²) in [4.78, 5) is 16.7. The maximum absolute atomic E-state index is 5.92. The fourth-order valence-electron chi connectivity index (χ4n) is 4.71. The number of aryl methyl sites for hydroxylation is 2. The quantitative estimate of drug-likeness (QED) is 0.483. The monoisotopic (exact) mass is 442 g/mol. The second-order valence-corrected chi connectivity index (χ2v) is 8.91. The molecule has 2 fully saturated rings. The smallest absolute Gasteiger partial charge is 0.227 e. The van der Waals surface area contributed by atoms with E-state index in [1.54, 1.807) is 6.33 Å². The molecule has 1 aliphatic carbocycles. The Morgan fingerprint density at radius 3 is 2.76 bits per heavy atom. The van der Waals surface area contributed by atoms with Crippen LogP contribution >= 0.6 is 0 Å². The number of hydrogen-bond acceptors (Lipinski definition) is 8. The predicted molar refractivity (Wildman–Crippen MR) is 127 cm³/mol. The van der Waals surface area contributed by atoms with Crippen LogP contribution in [-0.4, -0.2) is 49.4 Å². The van der Waals surface area contributed by atoms with Crippen LogP contribution in [0.4, 0.5) is 17.5 Å². The van der Waals surface area contributed by atoms with Crippen molar-refractivity contribution < 1.29 is 4.74 Å². The first-order chi connectivity index (χ1) is 16.1. The summed E-state index contributed by atoms with van der Waals surface area (Å²) >= 11 is 0. The molecule has 2 aliphatic rings. The van der Waals surface area contributed by atoms with Crippen LogP contribution in [0.25, 0.3) is 22.3 Å².